The second-order valence-corrected chi connectivity index (χ2v) is 5.25. The van der Waals surface area contributed by atoms with Crippen molar-refractivity contribution in [2.45, 2.75) is 19.4 Å². The van der Waals surface area contributed by atoms with E-state index in [-0.39, 0.29) is 11.9 Å². The van der Waals surface area contributed by atoms with Crippen molar-refractivity contribution in [3.8, 4) is 0 Å². The molecule has 0 radical (unpaired) electrons. The average Bonchev–Trinajstić information content (AvgIpc) is 2.85. The van der Waals surface area contributed by atoms with Crippen LogP contribution in [0.25, 0.3) is 0 Å². The largest absolute Gasteiger partial charge is 0.469 e. The molecule has 100 valence electrons. The van der Waals surface area contributed by atoms with Gasteiger partial charge in [0.2, 0.25) is 0 Å². The third-order valence-electron chi connectivity index (χ3n) is 2.73. The molecule has 0 aliphatic carbocycles. The van der Waals surface area contributed by atoms with Gasteiger partial charge in [-0.25, -0.2) is 0 Å². The van der Waals surface area contributed by atoms with Gasteiger partial charge in [-0.2, -0.15) is 0 Å². The van der Waals surface area contributed by atoms with E-state index in [9.17, 15) is 4.79 Å². The average molecular weight is 323 g/mol. The number of benzene rings is 1. The fraction of sp³-hybridized carbons (Fsp3) is 0.214. The number of nitrogen functional groups attached to an aromatic ring is 1. The number of rotatable bonds is 4. The lowest BCUT2D eigenvalue weighted by molar-refractivity contribution is 0.0939. The van der Waals surface area contributed by atoms with E-state index in [4.69, 9.17) is 10.2 Å². The maximum atomic E-state index is 12.0. The van der Waals surface area contributed by atoms with E-state index in [0.29, 0.717) is 17.7 Å². The van der Waals surface area contributed by atoms with Crippen LogP contribution >= 0.6 is 15.9 Å². The smallest absolute Gasteiger partial charge is 0.251 e. The molecular weight excluding hydrogens is 308 g/mol. The summed E-state index contributed by atoms with van der Waals surface area (Å²) in [5.74, 6) is 0.728. The molecule has 1 aromatic carbocycles. The Morgan fingerprint density at radius 2 is 2.26 bits per heavy atom. The first-order valence-electron chi connectivity index (χ1n) is 5.94. The highest BCUT2D eigenvalue weighted by Crippen LogP contribution is 2.20. The summed E-state index contributed by atoms with van der Waals surface area (Å²) < 4.78 is 5.97. The van der Waals surface area contributed by atoms with Crippen molar-refractivity contribution in [3.05, 3.63) is 52.4 Å². The Kier molecular flexibility index (Phi) is 4.27. The monoisotopic (exact) mass is 322 g/mol. The van der Waals surface area contributed by atoms with Crippen LogP contribution in [0.3, 0.4) is 0 Å². The van der Waals surface area contributed by atoms with Crippen molar-refractivity contribution in [3.63, 3.8) is 0 Å². The molecule has 0 bridgehead atoms. The summed E-state index contributed by atoms with van der Waals surface area (Å²) in [4.78, 5) is 12.0. The molecule has 0 spiro atoms. The van der Waals surface area contributed by atoms with Crippen LogP contribution in [0.5, 0.6) is 0 Å². The molecule has 0 aliphatic rings. The Hall–Kier alpha value is -1.75. The summed E-state index contributed by atoms with van der Waals surface area (Å²) >= 11 is 3.31. The van der Waals surface area contributed by atoms with Crippen LogP contribution < -0.4 is 11.1 Å². The van der Waals surface area contributed by atoms with E-state index in [1.54, 1.807) is 24.5 Å². The Morgan fingerprint density at radius 1 is 1.47 bits per heavy atom. The van der Waals surface area contributed by atoms with Gasteiger partial charge in [0.1, 0.15) is 5.76 Å². The fourth-order valence-corrected chi connectivity index (χ4v) is 2.14. The number of furan rings is 1. The molecule has 1 aromatic heterocycles. The highest BCUT2D eigenvalue weighted by atomic mass is 79.9. The van der Waals surface area contributed by atoms with Gasteiger partial charge < -0.3 is 15.5 Å². The van der Waals surface area contributed by atoms with Crippen molar-refractivity contribution in [2.24, 2.45) is 0 Å². The number of nitrogens with one attached hydrogen (secondary N) is 1. The molecule has 0 aliphatic heterocycles. The zero-order valence-electron chi connectivity index (χ0n) is 10.5. The molecule has 1 unspecified atom stereocenters. The molecule has 5 heteroatoms. The van der Waals surface area contributed by atoms with E-state index in [1.165, 1.54) is 0 Å². The third-order valence-corrected chi connectivity index (χ3v) is 3.41. The first-order chi connectivity index (χ1) is 9.06. The van der Waals surface area contributed by atoms with Gasteiger partial charge in [-0.15, -0.1) is 0 Å². The zero-order chi connectivity index (χ0) is 13.8. The molecule has 2 rings (SSSR count). The van der Waals surface area contributed by atoms with Gasteiger partial charge >= 0.3 is 0 Å². The van der Waals surface area contributed by atoms with Crippen LogP contribution in [-0.4, -0.2) is 11.9 Å². The van der Waals surface area contributed by atoms with Crippen molar-refractivity contribution in [1.29, 1.82) is 0 Å². The lowest BCUT2D eigenvalue weighted by Crippen LogP contribution is -2.34. The molecular formula is C14H15BrN2O2. The highest BCUT2D eigenvalue weighted by molar-refractivity contribution is 9.10. The molecule has 1 heterocycles. The van der Waals surface area contributed by atoms with Crippen molar-refractivity contribution < 1.29 is 9.21 Å². The topological polar surface area (TPSA) is 68.3 Å². The summed E-state index contributed by atoms with van der Waals surface area (Å²) in [5.41, 5.74) is 6.88. The van der Waals surface area contributed by atoms with Gasteiger partial charge in [-0.1, -0.05) is 0 Å². The number of nitrogens with two attached hydrogens (primary N) is 1. The Bertz CT molecular complexity index is 567. The van der Waals surface area contributed by atoms with Crippen molar-refractivity contribution >= 4 is 27.5 Å². The van der Waals surface area contributed by atoms with Gasteiger partial charge in [-0.3, -0.25) is 4.79 Å². The van der Waals surface area contributed by atoms with Crippen molar-refractivity contribution in [1.82, 2.24) is 5.32 Å². The summed E-state index contributed by atoms with van der Waals surface area (Å²) in [7, 11) is 0. The number of carbonyl (C=O) groups excluding carboxylic acids is 1. The molecule has 1 atom stereocenters. The zero-order valence-corrected chi connectivity index (χ0v) is 12.1. The van der Waals surface area contributed by atoms with Crippen LogP contribution in [0.15, 0.2) is 45.5 Å². The minimum absolute atomic E-state index is 0.00465. The number of halogens is 1. The highest BCUT2D eigenvalue weighted by Gasteiger charge is 2.12. The van der Waals surface area contributed by atoms with Gasteiger partial charge in [0.05, 0.1) is 6.26 Å². The summed E-state index contributed by atoms with van der Waals surface area (Å²) in [5, 5.41) is 2.92. The molecule has 1 amide bonds. The van der Waals surface area contributed by atoms with Crippen LogP contribution in [0, 0.1) is 0 Å². The molecule has 2 aromatic rings. The lowest BCUT2D eigenvalue weighted by atomic mass is 10.1. The van der Waals surface area contributed by atoms with Crippen LogP contribution in [-0.2, 0) is 6.42 Å². The number of hydrogen-bond donors (Lipinski definition) is 2. The standard InChI is InChI=1S/C14H15BrN2O2/c1-9(7-11-3-2-6-19-11)17-14(18)10-4-5-13(16)12(15)8-10/h2-6,8-9H,7,16H2,1H3,(H,17,18). The van der Waals surface area contributed by atoms with Gasteiger partial charge in [0.25, 0.3) is 5.91 Å². The summed E-state index contributed by atoms with van der Waals surface area (Å²) in [6.45, 7) is 1.94. The van der Waals surface area contributed by atoms with E-state index in [1.807, 2.05) is 19.1 Å². The maximum absolute atomic E-state index is 12.0. The predicted molar refractivity (Wildman–Crippen MR) is 77.9 cm³/mol. The summed E-state index contributed by atoms with van der Waals surface area (Å²) in [6.07, 6.45) is 2.29. The van der Waals surface area contributed by atoms with Gasteiger partial charge in [0, 0.05) is 28.2 Å². The van der Waals surface area contributed by atoms with Crippen LogP contribution in [0.2, 0.25) is 0 Å². The van der Waals surface area contributed by atoms with E-state index in [2.05, 4.69) is 21.2 Å². The number of anilines is 1. The van der Waals surface area contributed by atoms with E-state index >= 15 is 0 Å². The predicted octanol–water partition coefficient (Wildman–Crippen LogP) is 2.99. The SMILES string of the molecule is CC(Cc1ccco1)NC(=O)c1ccc(N)c(Br)c1. The number of amides is 1. The maximum Gasteiger partial charge on any atom is 0.251 e. The minimum Gasteiger partial charge on any atom is -0.469 e. The van der Waals surface area contributed by atoms with Crippen molar-refractivity contribution in [2.75, 3.05) is 5.73 Å². The van der Waals surface area contributed by atoms with Crippen LogP contribution in [0.1, 0.15) is 23.0 Å². The Labute approximate surface area is 120 Å². The normalized spacial score (nSPS) is 12.1. The Morgan fingerprint density at radius 3 is 2.89 bits per heavy atom. The third kappa shape index (κ3) is 3.61. The first kappa shape index (κ1) is 13.7. The van der Waals surface area contributed by atoms with E-state index in [0.717, 1.165) is 10.2 Å². The fourth-order valence-electron chi connectivity index (χ4n) is 1.76. The van der Waals surface area contributed by atoms with Crippen LogP contribution in [0.4, 0.5) is 5.69 Å². The lowest BCUT2D eigenvalue weighted by Gasteiger charge is -2.13. The number of carbonyl (C=O) groups is 1. The molecule has 4 nitrogen and oxygen atoms in total. The number of hydrogen-bond acceptors (Lipinski definition) is 3. The molecule has 0 saturated carbocycles. The van der Waals surface area contributed by atoms with Gasteiger partial charge in [-0.05, 0) is 53.2 Å². The van der Waals surface area contributed by atoms with Gasteiger partial charge in [0.15, 0.2) is 0 Å². The molecule has 0 saturated heterocycles. The summed E-state index contributed by atoms with van der Waals surface area (Å²) in [6, 6.07) is 8.84. The quantitative estimate of drug-likeness (QED) is 0.850. The molecule has 0 fully saturated rings. The molecule has 3 N–H and O–H groups in total. The Balaban J connectivity index is 1.98. The second-order valence-electron chi connectivity index (χ2n) is 4.39. The molecule has 19 heavy (non-hydrogen) atoms. The second kappa shape index (κ2) is 5.93. The minimum atomic E-state index is -0.125. The van der Waals surface area contributed by atoms with E-state index < -0.39 is 0 Å². The first-order valence-corrected chi connectivity index (χ1v) is 6.74.